The largest absolute Gasteiger partial charge is 0.362 e. The molecule has 28 heavy (non-hydrogen) atoms. The van der Waals surface area contributed by atoms with Gasteiger partial charge in [-0.3, -0.25) is 0 Å². The van der Waals surface area contributed by atoms with Crippen LogP contribution in [0.2, 0.25) is 0 Å². The molecule has 0 radical (unpaired) electrons. The molecule has 0 bridgehead atoms. The van der Waals surface area contributed by atoms with Crippen LogP contribution in [-0.2, 0) is 4.84 Å². The zero-order chi connectivity index (χ0) is 19.5. The maximum atomic E-state index is 5.83. The van der Waals surface area contributed by atoms with E-state index in [1.165, 1.54) is 11.3 Å². The van der Waals surface area contributed by atoms with Gasteiger partial charge in [0, 0.05) is 35.3 Å². The first-order chi connectivity index (χ1) is 13.7. The number of rotatable bonds is 4. The Kier molecular flexibility index (Phi) is 5.95. The predicted molar refractivity (Wildman–Crippen MR) is 118 cm³/mol. The normalized spacial score (nSPS) is 18.8. The molecule has 1 saturated heterocycles. The summed E-state index contributed by atoms with van der Waals surface area (Å²) in [6.45, 7) is 6.34. The molecule has 0 N–H and O–H groups in total. The molecule has 6 heteroatoms. The van der Waals surface area contributed by atoms with E-state index in [0.29, 0.717) is 5.92 Å². The lowest BCUT2D eigenvalue weighted by molar-refractivity contribution is 0.210. The predicted octanol–water partition coefficient (Wildman–Crippen LogP) is 5.85. The quantitative estimate of drug-likeness (QED) is 0.595. The number of hydrogen-bond acceptors (Lipinski definition) is 5. The fourth-order valence-electron chi connectivity index (χ4n) is 4.17. The molecule has 148 valence electrons. The summed E-state index contributed by atoms with van der Waals surface area (Å²) in [4.78, 5) is 17.3. The third kappa shape index (κ3) is 3.93. The third-order valence-electron chi connectivity index (χ3n) is 5.84. The molecule has 0 unspecified atom stereocenters. The van der Waals surface area contributed by atoms with Crippen LogP contribution in [0.25, 0.3) is 10.9 Å². The molecular formula is C22H27BrN4O. The van der Waals surface area contributed by atoms with Gasteiger partial charge in [-0.25, -0.2) is 9.97 Å². The molecule has 5 nitrogen and oxygen atoms in total. The summed E-state index contributed by atoms with van der Waals surface area (Å²) in [5.74, 6) is 2.62. The van der Waals surface area contributed by atoms with Crippen molar-refractivity contribution in [2.75, 3.05) is 18.0 Å². The van der Waals surface area contributed by atoms with E-state index in [1.54, 1.807) is 6.33 Å². The van der Waals surface area contributed by atoms with Crippen molar-refractivity contribution in [2.45, 2.75) is 52.4 Å². The van der Waals surface area contributed by atoms with Gasteiger partial charge in [0.05, 0.1) is 11.2 Å². The molecule has 3 heterocycles. The summed E-state index contributed by atoms with van der Waals surface area (Å²) < 4.78 is 1.01. The van der Waals surface area contributed by atoms with E-state index in [1.807, 2.05) is 12.1 Å². The second-order valence-electron chi connectivity index (χ2n) is 7.72. The highest BCUT2D eigenvalue weighted by Crippen LogP contribution is 2.32. The second kappa shape index (κ2) is 8.60. The number of fused-ring (bicyclic) bond motifs is 1. The first kappa shape index (κ1) is 19.4. The SMILES string of the molecule is CCCC1=C(C)CCC(C2CCN(c3ncnc4c(Br)cccc34)CC2)=NO1. The standard InChI is InChI=1S/C22H27BrN4O/c1-3-5-20-15(2)8-9-19(26-28-20)16-10-12-27(13-11-16)22-17-6-4-7-18(23)21(17)24-14-25-22/h4,6-7,14,16H,3,5,8-13H2,1-2H3. The first-order valence-corrected chi connectivity index (χ1v) is 11.0. The van der Waals surface area contributed by atoms with Crippen LogP contribution in [0, 0.1) is 5.92 Å². The highest BCUT2D eigenvalue weighted by Gasteiger charge is 2.27. The minimum Gasteiger partial charge on any atom is -0.362 e. The third-order valence-corrected chi connectivity index (χ3v) is 6.48. The fraction of sp³-hybridized carbons (Fsp3) is 0.500. The van der Waals surface area contributed by atoms with Crippen LogP contribution in [0.15, 0.2) is 45.5 Å². The number of aromatic nitrogens is 2. The van der Waals surface area contributed by atoms with Crippen LogP contribution in [0.5, 0.6) is 0 Å². The molecule has 0 amide bonds. The summed E-state index contributed by atoms with van der Waals surface area (Å²) in [6.07, 6.45) is 8.01. The first-order valence-electron chi connectivity index (χ1n) is 10.2. The summed E-state index contributed by atoms with van der Waals surface area (Å²) >= 11 is 3.60. The van der Waals surface area contributed by atoms with Crippen molar-refractivity contribution in [3.63, 3.8) is 0 Å². The maximum Gasteiger partial charge on any atom is 0.139 e. The second-order valence-corrected chi connectivity index (χ2v) is 8.58. The van der Waals surface area contributed by atoms with Gasteiger partial charge in [0.2, 0.25) is 0 Å². The lowest BCUT2D eigenvalue weighted by atomic mass is 9.88. The Morgan fingerprint density at radius 3 is 2.79 bits per heavy atom. The average molecular weight is 443 g/mol. The monoisotopic (exact) mass is 442 g/mol. The van der Waals surface area contributed by atoms with Crippen molar-refractivity contribution in [1.82, 2.24) is 9.97 Å². The number of oxime groups is 1. The number of halogens is 1. The van der Waals surface area contributed by atoms with Crippen LogP contribution in [-0.4, -0.2) is 28.8 Å². The number of hydrogen-bond donors (Lipinski definition) is 0. The lowest BCUT2D eigenvalue weighted by Crippen LogP contribution is -2.37. The number of anilines is 1. The molecule has 0 spiro atoms. The van der Waals surface area contributed by atoms with Gasteiger partial charge in [0.1, 0.15) is 17.9 Å². The lowest BCUT2D eigenvalue weighted by Gasteiger charge is -2.33. The van der Waals surface area contributed by atoms with E-state index in [4.69, 9.17) is 4.84 Å². The highest BCUT2D eigenvalue weighted by atomic mass is 79.9. The molecule has 2 aliphatic rings. The molecule has 4 rings (SSSR count). The van der Waals surface area contributed by atoms with Gasteiger partial charge in [0.15, 0.2) is 0 Å². The number of nitrogens with zero attached hydrogens (tertiary/aromatic N) is 4. The number of allylic oxidation sites excluding steroid dienone is 2. The van der Waals surface area contributed by atoms with Crippen molar-refractivity contribution in [3.05, 3.63) is 40.3 Å². The number of piperidine rings is 1. The minimum absolute atomic E-state index is 0.505. The Morgan fingerprint density at radius 1 is 1.18 bits per heavy atom. The van der Waals surface area contributed by atoms with E-state index in [2.05, 4.69) is 55.9 Å². The molecule has 1 aromatic heterocycles. The van der Waals surface area contributed by atoms with Crippen molar-refractivity contribution < 1.29 is 4.84 Å². The Hall–Kier alpha value is -1.95. The van der Waals surface area contributed by atoms with Crippen molar-refractivity contribution in [2.24, 2.45) is 11.1 Å². The van der Waals surface area contributed by atoms with Gasteiger partial charge < -0.3 is 9.74 Å². The molecule has 1 fully saturated rings. The Morgan fingerprint density at radius 2 is 2.00 bits per heavy atom. The smallest absolute Gasteiger partial charge is 0.139 e. The fourth-order valence-corrected chi connectivity index (χ4v) is 4.64. The van der Waals surface area contributed by atoms with Crippen LogP contribution in [0.4, 0.5) is 5.82 Å². The molecule has 0 atom stereocenters. The van der Waals surface area contributed by atoms with Crippen LogP contribution in [0.1, 0.15) is 52.4 Å². The minimum atomic E-state index is 0.505. The molecule has 2 aromatic rings. The van der Waals surface area contributed by atoms with Gasteiger partial charge in [-0.2, -0.15) is 0 Å². The topological polar surface area (TPSA) is 50.6 Å². The molecular weight excluding hydrogens is 416 g/mol. The highest BCUT2D eigenvalue weighted by molar-refractivity contribution is 9.10. The summed E-state index contributed by atoms with van der Waals surface area (Å²) in [7, 11) is 0. The van der Waals surface area contributed by atoms with Crippen molar-refractivity contribution in [3.8, 4) is 0 Å². The maximum absolute atomic E-state index is 5.83. The molecule has 2 aliphatic heterocycles. The zero-order valence-corrected chi connectivity index (χ0v) is 18.2. The van der Waals surface area contributed by atoms with Gasteiger partial charge in [-0.15, -0.1) is 0 Å². The van der Waals surface area contributed by atoms with Crippen molar-refractivity contribution >= 4 is 38.4 Å². The van der Waals surface area contributed by atoms with E-state index < -0.39 is 0 Å². The van der Waals surface area contributed by atoms with E-state index in [0.717, 1.165) is 78.6 Å². The number of para-hydroxylation sites is 1. The van der Waals surface area contributed by atoms with Crippen LogP contribution >= 0.6 is 15.9 Å². The Bertz CT molecular complexity index is 916. The Labute approximate surface area is 175 Å². The van der Waals surface area contributed by atoms with Gasteiger partial charge >= 0.3 is 0 Å². The van der Waals surface area contributed by atoms with Gasteiger partial charge in [-0.1, -0.05) is 18.1 Å². The van der Waals surface area contributed by atoms with Crippen LogP contribution < -0.4 is 4.90 Å². The summed E-state index contributed by atoms with van der Waals surface area (Å²) in [5.41, 5.74) is 3.57. The van der Waals surface area contributed by atoms with Crippen molar-refractivity contribution in [1.29, 1.82) is 0 Å². The molecule has 0 aliphatic carbocycles. The van der Waals surface area contributed by atoms with Gasteiger partial charge in [0.25, 0.3) is 0 Å². The molecule has 1 aromatic carbocycles. The zero-order valence-electron chi connectivity index (χ0n) is 16.6. The van der Waals surface area contributed by atoms with E-state index in [9.17, 15) is 0 Å². The van der Waals surface area contributed by atoms with E-state index in [-0.39, 0.29) is 0 Å². The summed E-state index contributed by atoms with van der Waals surface area (Å²) in [6, 6.07) is 6.18. The summed E-state index contributed by atoms with van der Waals surface area (Å²) in [5, 5.41) is 5.67. The average Bonchev–Trinajstić information content (AvgIpc) is 2.90. The molecule has 0 saturated carbocycles. The number of benzene rings is 1. The van der Waals surface area contributed by atoms with E-state index >= 15 is 0 Å². The Balaban J connectivity index is 1.45. The van der Waals surface area contributed by atoms with Crippen LogP contribution in [0.3, 0.4) is 0 Å². The van der Waals surface area contributed by atoms with Gasteiger partial charge in [-0.05, 0) is 72.7 Å².